The van der Waals surface area contributed by atoms with E-state index in [0.29, 0.717) is 27.3 Å². The number of nitrogens with one attached hydrogen (secondary N) is 2. The molecule has 0 bridgehead atoms. The van der Waals surface area contributed by atoms with Crippen molar-refractivity contribution in [2.45, 2.75) is 17.7 Å². The van der Waals surface area contributed by atoms with E-state index in [-0.39, 0.29) is 29.8 Å². The number of hydrogen-bond donors (Lipinski definition) is 2. The molecule has 1 aromatic heterocycles. The second kappa shape index (κ2) is 10.7. The molecule has 0 radical (unpaired) electrons. The molecule has 0 aliphatic carbocycles. The zero-order valence-electron chi connectivity index (χ0n) is 16.1. The van der Waals surface area contributed by atoms with Crippen molar-refractivity contribution in [2.24, 2.45) is 0 Å². The standard InChI is InChI=1S/C20H19FN4O3S2/c1-2-28-16-9-7-15(8-10-16)22-18(27)12-29-20-25-24-19(30-20)23-17(26)11-13-3-5-14(21)6-4-13/h3-10H,2,11-12H2,1H3,(H,22,27)(H,23,24,26). The highest BCUT2D eigenvalue weighted by Crippen LogP contribution is 2.26. The van der Waals surface area contributed by atoms with Crippen molar-refractivity contribution in [3.05, 3.63) is 59.9 Å². The highest BCUT2D eigenvalue weighted by atomic mass is 32.2. The monoisotopic (exact) mass is 446 g/mol. The molecule has 3 rings (SSSR count). The molecule has 30 heavy (non-hydrogen) atoms. The molecular weight excluding hydrogens is 427 g/mol. The first-order valence-corrected chi connectivity index (χ1v) is 10.9. The molecule has 0 unspecified atom stereocenters. The summed E-state index contributed by atoms with van der Waals surface area (Å²) in [7, 11) is 0. The molecular formula is C20H19FN4O3S2. The third-order valence-electron chi connectivity index (χ3n) is 3.71. The Hall–Kier alpha value is -2.98. The lowest BCUT2D eigenvalue weighted by Crippen LogP contribution is -2.14. The lowest BCUT2D eigenvalue weighted by Gasteiger charge is -2.06. The van der Waals surface area contributed by atoms with Crippen molar-refractivity contribution in [1.82, 2.24) is 10.2 Å². The molecule has 0 spiro atoms. The van der Waals surface area contributed by atoms with Gasteiger partial charge in [-0.2, -0.15) is 0 Å². The fourth-order valence-corrected chi connectivity index (χ4v) is 3.96. The van der Waals surface area contributed by atoms with Crippen LogP contribution in [0.4, 0.5) is 15.2 Å². The molecule has 0 saturated heterocycles. The van der Waals surface area contributed by atoms with Crippen LogP contribution < -0.4 is 15.4 Å². The smallest absolute Gasteiger partial charge is 0.234 e. The maximum absolute atomic E-state index is 12.9. The Morgan fingerprint density at radius 3 is 2.47 bits per heavy atom. The van der Waals surface area contributed by atoms with E-state index in [1.165, 1.54) is 35.2 Å². The van der Waals surface area contributed by atoms with E-state index < -0.39 is 0 Å². The topological polar surface area (TPSA) is 93.2 Å². The largest absolute Gasteiger partial charge is 0.494 e. The number of rotatable bonds is 9. The van der Waals surface area contributed by atoms with Crippen LogP contribution in [0.15, 0.2) is 52.9 Å². The summed E-state index contributed by atoms with van der Waals surface area (Å²) >= 11 is 2.41. The molecule has 1 heterocycles. The van der Waals surface area contributed by atoms with E-state index in [1.807, 2.05) is 6.92 Å². The predicted molar refractivity (Wildman–Crippen MR) is 116 cm³/mol. The Morgan fingerprint density at radius 2 is 1.77 bits per heavy atom. The number of ether oxygens (including phenoxy) is 1. The number of carbonyl (C=O) groups excluding carboxylic acids is 2. The summed E-state index contributed by atoms with van der Waals surface area (Å²) in [6, 6.07) is 12.8. The zero-order valence-corrected chi connectivity index (χ0v) is 17.7. The number of aromatic nitrogens is 2. The third kappa shape index (κ3) is 6.82. The lowest BCUT2D eigenvalue weighted by atomic mass is 10.1. The zero-order chi connectivity index (χ0) is 21.3. The number of benzene rings is 2. The molecule has 2 aromatic carbocycles. The van der Waals surface area contributed by atoms with Gasteiger partial charge in [-0.3, -0.25) is 9.59 Å². The Balaban J connectivity index is 1.43. The van der Waals surface area contributed by atoms with Crippen molar-refractivity contribution >= 4 is 45.7 Å². The summed E-state index contributed by atoms with van der Waals surface area (Å²) in [4.78, 5) is 24.2. The summed E-state index contributed by atoms with van der Waals surface area (Å²) < 4.78 is 18.8. The van der Waals surface area contributed by atoms with Gasteiger partial charge in [-0.15, -0.1) is 10.2 Å². The number of amides is 2. The van der Waals surface area contributed by atoms with Crippen LogP contribution in [0.3, 0.4) is 0 Å². The third-order valence-corrected chi connectivity index (χ3v) is 5.68. The molecule has 2 amide bonds. The van der Waals surface area contributed by atoms with Gasteiger partial charge in [0.1, 0.15) is 11.6 Å². The van der Waals surface area contributed by atoms with Crippen molar-refractivity contribution < 1.29 is 18.7 Å². The predicted octanol–water partition coefficient (Wildman–Crippen LogP) is 3.99. The van der Waals surface area contributed by atoms with Crippen LogP contribution in [0.2, 0.25) is 0 Å². The van der Waals surface area contributed by atoms with Gasteiger partial charge in [0.05, 0.1) is 18.8 Å². The van der Waals surface area contributed by atoms with Crippen LogP contribution in [-0.2, 0) is 16.0 Å². The molecule has 3 aromatic rings. The van der Waals surface area contributed by atoms with E-state index in [9.17, 15) is 14.0 Å². The molecule has 2 N–H and O–H groups in total. The Kier molecular flexibility index (Phi) is 7.75. The van der Waals surface area contributed by atoms with Crippen molar-refractivity contribution in [3.8, 4) is 5.75 Å². The van der Waals surface area contributed by atoms with Crippen LogP contribution in [0.1, 0.15) is 12.5 Å². The highest BCUT2D eigenvalue weighted by molar-refractivity contribution is 8.01. The van der Waals surface area contributed by atoms with E-state index in [4.69, 9.17) is 4.74 Å². The molecule has 0 saturated carbocycles. The summed E-state index contributed by atoms with van der Waals surface area (Å²) in [5.74, 6) is 0.0961. The molecule has 156 valence electrons. The summed E-state index contributed by atoms with van der Waals surface area (Å²) in [5, 5.41) is 13.7. The van der Waals surface area contributed by atoms with Crippen LogP contribution >= 0.6 is 23.1 Å². The quantitative estimate of drug-likeness (QED) is 0.381. The van der Waals surface area contributed by atoms with Gasteiger partial charge in [0, 0.05) is 5.69 Å². The minimum absolute atomic E-state index is 0.104. The lowest BCUT2D eigenvalue weighted by molar-refractivity contribution is -0.115. The molecule has 7 nitrogen and oxygen atoms in total. The second-order valence-corrected chi connectivity index (χ2v) is 8.22. The van der Waals surface area contributed by atoms with Gasteiger partial charge in [0.2, 0.25) is 16.9 Å². The fourth-order valence-electron chi connectivity index (χ4n) is 2.40. The van der Waals surface area contributed by atoms with Gasteiger partial charge >= 0.3 is 0 Å². The van der Waals surface area contributed by atoms with Crippen LogP contribution in [-0.4, -0.2) is 34.4 Å². The number of nitrogens with zero attached hydrogens (tertiary/aromatic N) is 2. The van der Waals surface area contributed by atoms with E-state index >= 15 is 0 Å². The summed E-state index contributed by atoms with van der Waals surface area (Å²) in [6.45, 7) is 2.49. The van der Waals surface area contributed by atoms with Crippen LogP contribution in [0.25, 0.3) is 0 Å². The summed E-state index contributed by atoms with van der Waals surface area (Å²) in [5.41, 5.74) is 1.37. The first kappa shape index (κ1) is 21.7. The SMILES string of the molecule is CCOc1ccc(NC(=O)CSc2nnc(NC(=O)Cc3ccc(F)cc3)s2)cc1. The van der Waals surface area contributed by atoms with Crippen molar-refractivity contribution in [1.29, 1.82) is 0 Å². The minimum atomic E-state index is -0.350. The van der Waals surface area contributed by atoms with Gasteiger partial charge in [0.15, 0.2) is 4.34 Å². The first-order chi connectivity index (χ1) is 14.5. The van der Waals surface area contributed by atoms with Gasteiger partial charge in [-0.25, -0.2) is 4.39 Å². The number of halogens is 1. The Labute approximate surface area is 181 Å². The molecule has 0 aliphatic rings. The van der Waals surface area contributed by atoms with Gasteiger partial charge in [0.25, 0.3) is 0 Å². The van der Waals surface area contributed by atoms with E-state index in [2.05, 4.69) is 20.8 Å². The fraction of sp³-hybridized carbons (Fsp3) is 0.200. The number of anilines is 2. The second-order valence-electron chi connectivity index (χ2n) is 6.02. The first-order valence-electron chi connectivity index (χ1n) is 9.05. The average molecular weight is 447 g/mol. The molecule has 0 fully saturated rings. The Bertz CT molecular complexity index is 994. The van der Waals surface area contributed by atoms with Gasteiger partial charge in [-0.1, -0.05) is 35.2 Å². The maximum Gasteiger partial charge on any atom is 0.234 e. The van der Waals surface area contributed by atoms with Crippen molar-refractivity contribution in [2.75, 3.05) is 23.0 Å². The van der Waals surface area contributed by atoms with Gasteiger partial charge in [-0.05, 0) is 48.9 Å². The summed E-state index contributed by atoms with van der Waals surface area (Å²) in [6.07, 6.45) is 0.104. The number of thioether (sulfide) groups is 1. The van der Waals surface area contributed by atoms with Crippen molar-refractivity contribution in [3.63, 3.8) is 0 Å². The normalized spacial score (nSPS) is 10.5. The van der Waals surface area contributed by atoms with E-state index in [1.54, 1.807) is 36.4 Å². The molecule has 0 atom stereocenters. The Morgan fingerprint density at radius 1 is 1.03 bits per heavy atom. The van der Waals surface area contributed by atoms with Gasteiger partial charge < -0.3 is 15.4 Å². The molecule has 0 aliphatic heterocycles. The van der Waals surface area contributed by atoms with Crippen LogP contribution in [0, 0.1) is 5.82 Å². The van der Waals surface area contributed by atoms with Crippen LogP contribution in [0.5, 0.6) is 5.75 Å². The highest BCUT2D eigenvalue weighted by Gasteiger charge is 2.11. The van der Waals surface area contributed by atoms with E-state index in [0.717, 1.165) is 5.75 Å². The average Bonchev–Trinajstić information content (AvgIpc) is 3.17. The minimum Gasteiger partial charge on any atom is -0.494 e. The number of carbonyl (C=O) groups is 2. The maximum atomic E-state index is 12.9. The molecule has 10 heteroatoms. The number of hydrogen-bond acceptors (Lipinski definition) is 7.